The second-order valence-electron chi connectivity index (χ2n) is 5.93. The number of hydrogen-bond acceptors (Lipinski definition) is 7. The van der Waals surface area contributed by atoms with Crippen LogP contribution in [0.1, 0.15) is 16.8 Å². The van der Waals surface area contributed by atoms with Crippen molar-refractivity contribution in [3.05, 3.63) is 66.9 Å². The van der Waals surface area contributed by atoms with Crippen LogP contribution in [0.2, 0.25) is 10.0 Å². The number of carbonyl (C=O) groups excluding carboxylic acids is 2. The van der Waals surface area contributed by atoms with E-state index in [0.717, 1.165) is 17.7 Å². The normalized spacial score (nSPS) is 10.6. The van der Waals surface area contributed by atoms with Crippen molar-refractivity contribution in [3.63, 3.8) is 0 Å². The first-order valence-corrected chi connectivity index (χ1v) is 9.19. The molecule has 30 heavy (non-hydrogen) atoms. The highest BCUT2D eigenvalue weighted by atomic mass is 35.5. The van der Waals surface area contributed by atoms with Crippen molar-refractivity contribution in [3.8, 4) is 11.3 Å². The van der Waals surface area contributed by atoms with Crippen LogP contribution in [0, 0.1) is 0 Å². The van der Waals surface area contributed by atoms with E-state index < -0.39 is 23.1 Å². The van der Waals surface area contributed by atoms with Gasteiger partial charge in [0, 0.05) is 30.8 Å². The lowest BCUT2D eigenvalue weighted by Crippen LogP contribution is -2.29. The lowest BCUT2D eigenvalue weighted by molar-refractivity contribution is -0.116. The van der Waals surface area contributed by atoms with E-state index >= 15 is 0 Å². The highest BCUT2D eigenvalue weighted by molar-refractivity contribution is 6.39. The first kappa shape index (κ1) is 21.3. The fourth-order valence-electron chi connectivity index (χ4n) is 2.59. The molecule has 2 heterocycles. The van der Waals surface area contributed by atoms with E-state index in [2.05, 4.69) is 15.5 Å². The fraction of sp³-hybridized carbons (Fsp3) is 0.167. The summed E-state index contributed by atoms with van der Waals surface area (Å²) in [6.45, 7) is -0.0215. The molecule has 0 saturated carbocycles. The van der Waals surface area contributed by atoms with Crippen LogP contribution in [-0.2, 0) is 16.1 Å². The third-order valence-electron chi connectivity index (χ3n) is 4.01. The minimum absolute atomic E-state index is 0.00426. The smallest absolute Gasteiger partial charge is 0.345 e. The average Bonchev–Trinajstić information content (AvgIpc) is 3.09. The minimum Gasteiger partial charge on any atom is -0.465 e. The number of rotatable bonds is 6. The van der Waals surface area contributed by atoms with E-state index in [-0.39, 0.29) is 45.7 Å². The molecule has 0 unspecified atom stereocenters. The molecule has 156 valence electrons. The van der Waals surface area contributed by atoms with Gasteiger partial charge in [0.25, 0.3) is 5.56 Å². The van der Waals surface area contributed by atoms with E-state index in [0.29, 0.717) is 0 Å². The van der Waals surface area contributed by atoms with E-state index in [1.165, 1.54) is 6.20 Å². The van der Waals surface area contributed by atoms with Crippen LogP contribution in [0.25, 0.3) is 11.3 Å². The van der Waals surface area contributed by atoms with Crippen LogP contribution < -0.4 is 16.6 Å². The Balaban J connectivity index is 1.86. The molecule has 0 aliphatic heterocycles. The molecule has 2 aromatic heterocycles. The molecular formula is C18H14Cl2N4O6. The summed E-state index contributed by atoms with van der Waals surface area (Å²) >= 11 is 12.4. The summed E-state index contributed by atoms with van der Waals surface area (Å²) in [6.07, 6.45) is 1.11. The van der Waals surface area contributed by atoms with Gasteiger partial charge in [-0.05, 0) is 12.1 Å². The van der Waals surface area contributed by atoms with Crippen LogP contribution in [0.15, 0.2) is 44.6 Å². The number of aromatic nitrogens is 3. The van der Waals surface area contributed by atoms with Gasteiger partial charge in [-0.15, -0.1) is 0 Å². The maximum absolute atomic E-state index is 12.3. The summed E-state index contributed by atoms with van der Waals surface area (Å²) in [5.74, 6) is -1.66. The Morgan fingerprint density at radius 3 is 2.57 bits per heavy atom. The SMILES string of the molecule is COC(=O)c1c(-c2c(Cl)cccc2Cl)noc1NC(=O)CCn1ccc(=O)[nH]c1=O. The van der Waals surface area contributed by atoms with Crippen molar-refractivity contribution in [1.29, 1.82) is 0 Å². The first-order chi connectivity index (χ1) is 14.3. The molecule has 1 amide bonds. The molecule has 0 atom stereocenters. The second kappa shape index (κ2) is 8.97. The zero-order valence-corrected chi connectivity index (χ0v) is 16.9. The summed E-state index contributed by atoms with van der Waals surface area (Å²) in [7, 11) is 1.15. The number of hydrogen-bond donors (Lipinski definition) is 2. The van der Waals surface area contributed by atoms with Crippen molar-refractivity contribution in [1.82, 2.24) is 14.7 Å². The topological polar surface area (TPSA) is 136 Å². The first-order valence-electron chi connectivity index (χ1n) is 8.43. The number of esters is 1. The Hall–Kier alpha value is -3.37. The van der Waals surface area contributed by atoms with Crippen molar-refractivity contribution in [2.75, 3.05) is 12.4 Å². The molecule has 0 fully saturated rings. The quantitative estimate of drug-likeness (QED) is 0.547. The van der Waals surface area contributed by atoms with Crippen molar-refractivity contribution in [2.24, 2.45) is 0 Å². The van der Waals surface area contributed by atoms with Crippen LogP contribution in [0.4, 0.5) is 5.88 Å². The third-order valence-corrected chi connectivity index (χ3v) is 4.64. The molecule has 0 radical (unpaired) electrons. The number of aryl methyl sites for hydroxylation is 1. The molecule has 0 aliphatic rings. The van der Waals surface area contributed by atoms with Crippen molar-refractivity contribution in [2.45, 2.75) is 13.0 Å². The molecule has 0 spiro atoms. The van der Waals surface area contributed by atoms with Gasteiger partial charge in [0.2, 0.25) is 11.8 Å². The summed E-state index contributed by atoms with van der Waals surface area (Å²) < 4.78 is 11.0. The molecule has 1 aromatic carbocycles. The number of nitrogens with zero attached hydrogens (tertiary/aromatic N) is 2. The van der Waals surface area contributed by atoms with E-state index in [1.54, 1.807) is 18.2 Å². The summed E-state index contributed by atoms with van der Waals surface area (Å²) in [5.41, 5.74) is -1.12. The van der Waals surface area contributed by atoms with Gasteiger partial charge in [-0.25, -0.2) is 9.59 Å². The molecule has 0 bridgehead atoms. The molecule has 0 aliphatic carbocycles. The average molecular weight is 453 g/mol. The number of nitrogens with one attached hydrogen (secondary N) is 2. The number of methoxy groups -OCH3 is 1. The van der Waals surface area contributed by atoms with Gasteiger partial charge in [0.1, 0.15) is 5.69 Å². The number of aromatic amines is 1. The minimum atomic E-state index is -0.825. The van der Waals surface area contributed by atoms with Gasteiger partial charge in [-0.3, -0.25) is 19.9 Å². The number of H-pyrrole nitrogens is 1. The number of amides is 1. The molecular weight excluding hydrogens is 439 g/mol. The Morgan fingerprint density at radius 2 is 1.93 bits per heavy atom. The van der Waals surface area contributed by atoms with E-state index in [1.807, 2.05) is 0 Å². The summed E-state index contributed by atoms with van der Waals surface area (Å²) in [6, 6.07) is 5.88. The Morgan fingerprint density at radius 1 is 1.23 bits per heavy atom. The standard InChI is InChI=1S/C18H14Cl2N4O6/c1-29-17(27)14-15(13-9(19)3-2-4-10(13)20)23-30-16(14)21-11(25)5-7-24-8-6-12(26)22-18(24)28/h2-4,6,8H,5,7H2,1H3,(H,21,25)(H,22,26,28). The summed E-state index contributed by atoms with van der Waals surface area (Å²) in [5, 5.41) is 6.67. The Kier molecular flexibility index (Phi) is 6.38. The number of halogens is 2. The predicted molar refractivity (Wildman–Crippen MR) is 108 cm³/mol. The van der Waals surface area contributed by atoms with E-state index in [9.17, 15) is 19.2 Å². The molecule has 0 saturated heterocycles. The van der Waals surface area contributed by atoms with Crippen LogP contribution in [0.5, 0.6) is 0 Å². The molecule has 10 nitrogen and oxygen atoms in total. The maximum Gasteiger partial charge on any atom is 0.345 e. The molecule has 3 rings (SSSR count). The van der Waals surface area contributed by atoms with Gasteiger partial charge >= 0.3 is 11.7 Å². The number of anilines is 1. The zero-order valence-electron chi connectivity index (χ0n) is 15.4. The van der Waals surface area contributed by atoms with E-state index in [4.69, 9.17) is 32.5 Å². The monoisotopic (exact) mass is 452 g/mol. The second-order valence-corrected chi connectivity index (χ2v) is 6.74. The Bertz CT molecular complexity index is 1210. The highest BCUT2D eigenvalue weighted by Crippen LogP contribution is 2.38. The zero-order chi connectivity index (χ0) is 21.8. The lowest BCUT2D eigenvalue weighted by Gasteiger charge is -2.07. The van der Waals surface area contributed by atoms with Gasteiger partial charge in [-0.1, -0.05) is 34.4 Å². The van der Waals surface area contributed by atoms with Gasteiger partial charge in [0.05, 0.1) is 17.2 Å². The maximum atomic E-state index is 12.3. The number of ether oxygens (including phenoxy) is 1. The fourth-order valence-corrected chi connectivity index (χ4v) is 3.17. The van der Waals surface area contributed by atoms with Gasteiger partial charge < -0.3 is 13.8 Å². The highest BCUT2D eigenvalue weighted by Gasteiger charge is 2.28. The lowest BCUT2D eigenvalue weighted by atomic mass is 10.1. The van der Waals surface area contributed by atoms with Crippen molar-refractivity contribution < 1.29 is 18.8 Å². The van der Waals surface area contributed by atoms with Crippen LogP contribution in [-0.4, -0.2) is 33.7 Å². The summed E-state index contributed by atoms with van der Waals surface area (Å²) in [4.78, 5) is 49.5. The third kappa shape index (κ3) is 4.44. The van der Waals surface area contributed by atoms with Crippen molar-refractivity contribution >= 4 is 41.0 Å². The number of benzene rings is 1. The Labute approximate surface area is 178 Å². The predicted octanol–water partition coefficient (Wildman–Crippen LogP) is 2.31. The van der Waals surface area contributed by atoms with Gasteiger partial charge in [0.15, 0.2) is 5.56 Å². The molecule has 3 aromatic rings. The number of carbonyl (C=O) groups is 2. The largest absolute Gasteiger partial charge is 0.465 e. The van der Waals surface area contributed by atoms with Gasteiger partial charge in [-0.2, -0.15) is 0 Å². The molecule has 2 N–H and O–H groups in total. The van der Waals surface area contributed by atoms with Crippen LogP contribution >= 0.6 is 23.2 Å². The molecule has 12 heteroatoms. The van der Waals surface area contributed by atoms with Crippen LogP contribution in [0.3, 0.4) is 0 Å².